The molecule has 0 aliphatic carbocycles. The average molecular weight is 243 g/mol. The third kappa shape index (κ3) is 3.21. The van der Waals surface area contributed by atoms with Crippen molar-refractivity contribution in [1.82, 2.24) is 4.98 Å². The summed E-state index contributed by atoms with van der Waals surface area (Å²) in [5.74, 6) is 0.426. The molecular formula is C13H13N3O2. The first-order valence-corrected chi connectivity index (χ1v) is 5.44. The molecule has 0 saturated heterocycles. The lowest BCUT2D eigenvalue weighted by atomic mass is 10.3. The van der Waals surface area contributed by atoms with E-state index in [1.165, 1.54) is 0 Å². The third-order valence-corrected chi connectivity index (χ3v) is 2.22. The Balaban J connectivity index is 1.88. The molecule has 1 aromatic heterocycles. The predicted octanol–water partition coefficient (Wildman–Crippen LogP) is 1.68. The normalized spacial score (nSPS) is 9.78. The molecule has 92 valence electrons. The number of amides is 1. The van der Waals surface area contributed by atoms with Gasteiger partial charge in [-0.15, -0.1) is 0 Å². The van der Waals surface area contributed by atoms with Gasteiger partial charge in [0.25, 0.3) is 5.91 Å². The first-order chi connectivity index (χ1) is 8.75. The zero-order chi connectivity index (χ0) is 12.8. The van der Waals surface area contributed by atoms with Crippen molar-refractivity contribution in [2.24, 2.45) is 0 Å². The lowest BCUT2D eigenvalue weighted by Crippen LogP contribution is -2.20. The Morgan fingerprint density at radius 1 is 1.22 bits per heavy atom. The molecule has 0 radical (unpaired) electrons. The van der Waals surface area contributed by atoms with Crippen molar-refractivity contribution in [1.29, 1.82) is 0 Å². The molecule has 0 aliphatic heterocycles. The van der Waals surface area contributed by atoms with Crippen LogP contribution in [0.2, 0.25) is 0 Å². The van der Waals surface area contributed by atoms with Crippen LogP contribution in [0.5, 0.6) is 5.75 Å². The Hall–Kier alpha value is -2.56. The van der Waals surface area contributed by atoms with Gasteiger partial charge in [-0.05, 0) is 24.3 Å². The third-order valence-electron chi connectivity index (χ3n) is 2.22. The largest absolute Gasteiger partial charge is 0.480 e. The van der Waals surface area contributed by atoms with Gasteiger partial charge in [-0.1, -0.05) is 18.2 Å². The minimum absolute atomic E-state index is 0.106. The predicted molar refractivity (Wildman–Crippen MR) is 69.2 cm³/mol. The molecule has 0 fully saturated rings. The molecule has 3 N–H and O–H groups in total. The summed E-state index contributed by atoms with van der Waals surface area (Å²) in [6.07, 6.45) is 1.56. The van der Waals surface area contributed by atoms with Gasteiger partial charge in [0.2, 0.25) is 0 Å². The number of benzene rings is 1. The van der Waals surface area contributed by atoms with Crippen molar-refractivity contribution in [3.05, 3.63) is 48.7 Å². The van der Waals surface area contributed by atoms with Crippen LogP contribution in [0, 0.1) is 0 Å². The fourth-order valence-corrected chi connectivity index (χ4v) is 1.39. The quantitative estimate of drug-likeness (QED) is 0.856. The number of rotatable bonds is 4. The Kier molecular flexibility index (Phi) is 3.76. The zero-order valence-electron chi connectivity index (χ0n) is 9.67. The summed E-state index contributed by atoms with van der Waals surface area (Å²) in [4.78, 5) is 15.5. The molecule has 0 saturated carbocycles. The number of nitrogens with two attached hydrogens (primary N) is 1. The fourth-order valence-electron chi connectivity index (χ4n) is 1.39. The zero-order valence-corrected chi connectivity index (χ0v) is 9.67. The molecule has 1 aromatic carbocycles. The van der Waals surface area contributed by atoms with Gasteiger partial charge in [0, 0.05) is 11.9 Å². The van der Waals surface area contributed by atoms with E-state index >= 15 is 0 Å². The van der Waals surface area contributed by atoms with E-state index in [0.29, 0.717) is 5.75 Å². The van der Waals surface area contributed by atoms with Crippen LogP contribution in [-0.2, 0) is 4.79 Å². The number of nitrogens with zero attached hydrogens (tertiary/aromatic N) is 1. The SMILES string of the molecule is Nc1ncccc1OCC(=O)Nc1ccccc1. The standard InChI is InChI=1S/C13H13N3O2/c14-13-11(7-4-8-15-13)18-9-12(17)16-10-5-2-1-3-6-10/h1-8H,9H2,(H2,14,15)(H,16,17). The van der Waals surface area contributed by atoms with E-state index in [-0.39, 0.29) is 18.3 Å². The summed E-state index contributed by atoms with van der Waals surface area (Å²) in [5, 5.41) is 2.71. The number of anilines is 2. The molecule has 0 spiro atoms. The fraction of sp³-hybridized carbons (Fsp3) is 0.0769. The molecule has 18 heavy (non-hydrogen) atoms. The molecule has 1 heterocycles. The van der Waals surface area contributed by atoms with Crippen LogP contribution in [-0.4, -0.2) is 17.5 Å². The molecular weight excluding hydrogens is 230 g/mol. The second-order valence-electron chi connectivity index (χ2n) is 3.59. The summed E-state index contributed by atoms with van der Waals surface area (Å²) in [5.41, 5.74) is 6.32. The number of hydrogen-bond acceptors (Lipinski definition) is 4. The summed E-state index contributed by atoms with van der Waals surface area (Å²) >= 11 is 0. The first kappa shape index (κ1) is 11.9. The van der Waals surface area contributed by atoms with Crippen LogP contribution < -0.4 is 15.8 Å². The van der Waals surface area contributed by atoms with E-state index in [1.807, 2.05) is 18.2 Å². The number of carbonyl (C=O) groups excluding carboxylic acids is 1. The lowest BCUT2D eigenvalue weighted by molar-refractivity contribution is -0.118. The van der Waals surface area contributed by atoms with E-state index < -0.39 is 0 Å². The number of aromatic nitrogens is 1. The second-order valence-corrected chi connectivity index (χ2v) is 3.59. The Bertz CT molecular complexity index is 529. The van der Waals surface area contributed by atoms with Crippen LogP contribution in [0.4, 0.5) is 11.5 Å². The van der Waals surface area contributed by atoms with Gasteiger partial charge in [0.05, 0.1) is 0 Å². The maximum absolute atomic E-state index is 11.6. The topological polar surface area (TPSA) is 77.2 Å². The number of para-hydroxylation sites is 1. The molecule has 1 amide bonds. The molecule has 2 rings (SSSR count). The van der Waals surface area contributed by atoms with Gasteiger partial charge < -0.3 is 15.8 Å². The number of ether oxygens (including phenoxy) is 1. The Morgan fingerprint density at radius 2 is 2.00 bits per heavy atom. The van der Waals surface area contributed by atoms with E-state index in [1.54, 1.807) is 30.5 Å². The highest BCUT2D eigenvalue weighted by atomic mass is 16.5. The van der Waals surface area contributed by atoms with Gasteiger partial charge >= 0.3 is 0 Å². The van der Waals surface area contributed by atoms with Gasteiger partial charge in [-0.25, -0.2) is 4.98 Å². The number of nitrogens with one attached hydrogen (secondary N) is 1. The summed E-state index contributed by atoms with van der Waals surface area (Å²) < 4.78 is 5.27. The van der Waals surface area contributed by atoms with Gasteiger partial charge in [0.1, 0.15) is 0 Å². The molecule has 0 bridgehead atoms. The van der Waals surface area contributed by atoms with Crippen molar-refractivity contribution < 1.29 is 9.53 Å². The van der Waals surface area contributed by atoms with E-state index in [4.69, 9.17) is 10.5 Å². The van der Waals surface area contributed by atoms with Gasteiger partial charge in [0.15, 0.2) is 18.2 Å². The summed E-state index contributed by atoms with van der Waals surface area (Å²) in [7, 11) is 0. The summed E-state index contributed by atoms with van der Waals surface area (Å²) in [6, 6.07) is 12.5. The van der Waals surface area contributed by atoms with E-state index in [2.05, 4.69) is 10.3 Å². The van der Waals surface area contributed by atoms with Gasteiger partial charge in [-0.2, -0.15) is 0 Å². The number of nitrogen functional groups attached to an aromatic ring is 1. The van der Waals surface area contributed by atoms with Crippen molar-refractivity contribution >= 4 is 17.4 Å². The second kappa shape index (κ2) is 5.67. The highest BCUT2D eigenvalue weighted by molar-refractivity contribution is 5.91. The molecule has 5 heteroatoms. The van der Waals surface area contributed by atoms with Crippen LogP contribution in [0.1, 0.15) is 0 Å². The van der Waals surface area contributed by atoms with Crippen LogP contribution in [0.3, 0.4) is 0 Å². The highest BCUT2D eigenvalue weighted by Gasteiger charge is 2.05. The van der Waals surface area contributed by atoms with Crippen molar-refractivity contribution in [2.75, 3.05) is 17.7 Å². The number of hydrogen-bond donors (Lipinski definition) is 2. The molecule has 0 aliphatic rings. The van der Waals surface area contributed by atoms with Crippen molar-refractivity contribution in [2.45, 2.75) is 0 Å². The maximum atomic E-state index is 11.6. The number of pyridine rings is 1. The van der Waals surface area contributed by atoms with Crippen molar-refractivity contribution in [3.8, 4) is 5.75 Å². The molecule has 0 atom stereocenters. The molecule has 0 unspecified atom stereocenters. The Morgan fingerprint density at radius 3 is 2.72 bits per heavy atom. The van der Waals surface area contributed by atoms with E-state index in [9.17, 15) is 4.79 Å². The summed E-state index contributed by atoms with van der Waals surface area (Å²) in [6.45, 7) is -0.106. The highest BCUT2D eigenvalue weighted by Crippen LogP contribution is 2.16. The van der Waals surface area contributed by atoms with E-state index in [0.717, 1.165) is 5.69 Å². The lowest BCUT2D eigenvalue weighted by Gasteiger charge is -2.08. The monoisotopic (exact) mass is 243 g/mol. The number of carbonyl (C=O) groups is 1. The molecule has 2 aromatic rings. The minimum Gasteiger partial charge on any atom is -0.480 e. The molecule has 5 nitrogen and oxygen atoms in total. The maximum Gasteiger partial charge on any atom is 0.262 e. The van der Waals surface area contributed by atoms with Gasteiger partial charge in [-0.3, -0.25) is 4.79 Å². The van der Waals surface area contributed by atoms with Crippen LogP contribution >= 0.6 is 0 Å². The van der Waals surface area contributed by atoms with Crippen LogP contribution in [0.25, 0.3) is 0 Å². The average Bonchev–Trinajstić information content (AvgIpc) is 2.39. The first-order valence-electron chi connectivity index (χ1n) is 5.44. The smallest absolute Gasteiger partial charge is 0.262 e. The minimum atomic E-state index is -0.246. The van der Waals surface area contributed by atoms with Crippen LogP contribution in [0.15, 0.2) is 48.7 Å². The van der Waals surface area contributed by atoms with Crippen molar-refractivity contribution in [3.63, 3.8) is 0 Å². The Labute approximate surface area is 105 Å².